The van der Waals surface area contributed by atoms with Crippen LogP contribution in [0.25, 0.3) is 0 Å². The van der Waals surface area contributed by atoms with Crippen LogP contribution in [0.15, 0.2) is 42.6 Å². The van der Waals surface area contributed by atoms with Gasteiger partial charge in [-0.2, -0.15) is 10.1 Å². The molecule has 0 spiro atoms. The fourth-order valence-electron chi connectivity index (χ4n) is 2.59. The van der Waals surface area contributed by atoms with Crippen LogP contribution in [0.4, 0.5) is 23.1 Å². The van der Waals surface area contributed by atoms with Gasteiger partial charge in [0, 0.05) is 16.4 Å². The number of rotatable bonds is 4. The third-order valence-corrected chi connectivity index (χ3v) is 3.84. The van der Waals surface area contributed by atoms with Gasteiger partial charge in [0.25, 0.3) is 0 Å². The Morgan fingerprint density at radius 1 is 0.917 bits per heavy atom. The van der Waals surface area contributed by atoms with Gasteiger partial charge in [0.05, 0.1) is 6.20 Å². The maximum absolute atomic E-state index is 5.90. The lowest BCUT2D eigenvalue weighted by Gasteiger charge is -2.13. The zero-order valence-electron chi connectivity index (χ0n) is 13.8. The molecule has 1 aromatic heterocycles. The third kappa shape index (κ3) is 3.81. The number of nitrogens with one attached hydrogen (secondary N) is 2. The van der Waals surface area contributed by atoms with Gasteiger partial charge in [0.2, 0.25) is 5.95 Å². The van der Waals surface area contributed by atoms with E-state index in [-0.39, 0.29) is 0 Å². The van der Waals surface area contributed by atoms with E-state index in [1.54, 1.807) is 6.20 Å². The van der Waals surface area contributed by atoms with Crippen LogP contribution in [-0.2, 0) is 0 Å². The average molecular weight is 340 g/mol. The molecule has 0 saturated carbocycles. The minimum absolute atomic E-state index is 0.448. The van der Waals surface area contributed by atoms with Crippen molar-refractivity contribution in [2.45, 2.75) is 20.8 Å². The predicted octanol–water partition coefficient (Wildman–Crippen LogP) is 4.94. The molecular weight excluding hydrogens is 322 g/mol. The smallest absolute Gasteiger partial charge is 0.249 e. The van der Waals surface area contributed by atoms with Crippen molar-refractivity contribution in [2.24, 2.45) is 0 Å². The molecule has 0 aliphatic rings. The Labute approximate surface area is 146 Å². The Hall–Kier alpha value is -2.66. The summed E-state index contributed by atoms with van der Waals surface area (Å²) in [6, 6.07) is 11.6. The highest BCUT2D eigenvalue weighted by Crippen LogP contribution is 2.25. The van der Waals surface area contributed by atoms with Gasteiger partial charge in [-0.15, -0.1) is 5.10 Å². The summed E-state index contributed by atoms with van der Waals surface area (Å²) in [5.74, 6) is 1.06. The number of halogens is 1. The summed E-state index contributed by atoms with van der Waals surface area (Å²) in [5.41, 5.74) is 5.41. The van der Waals surface area contributed by atoms with E-state index in [0.29, 0.717) is 16.8 Å². The summed E-state index contributed by atoms with van der Waals surface area (Å²) >= 11 is 5.90. The lowest BCUT2D eigenvalue weighted by molar-refractivity contribution is 0.981. The Bertz CT molecular complexity index is 839. The zero-order chi connectivity index (χ0) is 17.1. The molecule has 0 radical (unpaired) electrons. The van der Waals surface area contributed by atoms with Crippen LogP contribution in [0, 0.1) is 20.8 Å². The lowest BCUT2D eigenvalue weighted by atomic mass is 10.1. The fourth-order valence-corrected chi connectivity index (χ4v) is 2.71. The largest absolute Gasteiger partial charge is 0.339 e. The van der Waals surface area contributed by atoms with E-state index in [9.17, 15) is 0 Å². The van der Waals surface area contributed by atoms with Crippen LogP contribution in [0.2, 0.25) is 5.02 Å². The van der Waals surface area contributed by atoms with Gasteiger partial charge in [-0.25, -0.2) is 0 Å². The predicted molar refractivity (Wildman–Crippen MR) is 98.5 cm³/mol. The van der Waals surface area contributed by atoms with E-state index in [2.05, 4.69) is 58.7 Å². The molecule has 0 fully saturated rings. The van der Waals surface area contributed by atoms with Gasteiger partial charge in [0.1, 0.15) is 0 Å². The van der Waals surface area contributed by atoms with Crippen molar-refractivity contribution in [3.8, 4) is 0 Å². The molecule has 0 unspecified atom stereocenters. The summed E-state index contributed by atoms with van der Waals surface area (Å²) in [7, 11) is 0. The second kappa shape index (κ2) is 6.84. The highest BCUT2D eigenvalue weighted by molar-refractivity contribution is 6.30. The topological polar surface area (TPSA) is 62.7 Å². The minimum Gasteiger partial charge on any atom is -0.339 e. The third-order valence-electron chi connectivity index (χ3n) is 3.59. The van der Waals surface area contributed by atoms with Gasteiger partial charge in [-0.1, -0.05) is 29.3 Å². The maximum Gasteiger partial charge on any atom is 0.249 e. The molecule has 2 aromatic carbocycles. The van der Waals surface area contributed by atoms with E-state index in [1.165, 1.54) is 5.56 Å². The Balaban J connectivity index is 1.82. The second-order valence-electron chi connectivity index (χ2n) is 5.70. The monoisotopic (exact) mass is 339 g/mol. The molecular formula is C18H18ClN5. The van der Waals surface area contributed by atoms with Gasteiger partial charge in [-0.05, 0) is 56.2 Å². The Morgan fingerprint density at radius 2 is 1.58 bits per heavy atom. The van der Waals surface area contributed by atoms with Crippen LogP contribution in [0.3, 0.4) is 0 Å². The molecule has 122 valence electrons. The highest BCUT2D eigenvalue weighted by atomic mass is 35.5. The van der Waals surface area contributed by atoms with Crippen molar-refractivity contribution in [2.75, 3.05) is 10.6 Å². The van der Waals surface area contributed by atoms with E-state index in [4.69, 9.17) is 11.6 Å². The van der Waals surface area contributed by atoms with E-state index >= 15 is 0 Å². The first-order chi connectivity index (χ1) is 11.5. The number of aromatic nitrogens is 3. The number of hydrogen-bond acceptors (Lipinski definition) is 5. The van der Waals surface area contributed by atoms with Crippen LogP contribution in [0.1, 0.15) is 16.7 Å². The van der Waals surface area contributed by atoms with Crippen LogP contribution < -0.4 is 10.6 Å². The highest BCUT2D eigenvalue weighted by Gasteiger charge is 2.07. The quantitative estimate of drug-likeness (QED) is 0.705. The molecule has 0 aliphatic heterocycles. The molecule has 0 bridgehead atoms. The standard InChI is InChI=1S/C18H18ClN5/c1-11-8-12(2)17(13(3)9-11)23-18-22-16(10-20-24-18)21-15-6-4-14(19)5-7-15/h4-10H,1-3H3,(H2,21,22,23,24). The average Bonchev–Trinajstić information content (AvgIpc) is 2.53. The minimum atomic E-state index is 0.448. The van der Waals surface area contributed by atoms with Crippen LogP contribution in [-0.4, -0.2) is 15.2 Å². The van der Waals surface area contributed by atoms with E-state index in [1.807, 2.05) is 24.3 Å². The van der Waals surface area contributed by atoms with Crippen LogP contribution >= 0.6 is 11.6 Å². The number of benzene rings is 2. The van der Waals surface area contributed by atoms with E-state index in [0.717, 1.165) is 22.5 Å². The summed E-state index contributed by atoms with van der Waals surface area (Å²) in [6.07, 6.45) is 1.58. The van der Waals surface area contributed by atoms with Crippen molar-refractivity contribution in [1.29, 1.82) is 0 Å². The normalized spacial score (nSPS) is 10.5. The molecule has 2 N–H and O–H groups in total. The molecule has 0 aliphatic carbocycles. The first kappa shape index (κ1) is 16.2. The molecule has 3 aromatic rings. The fraction of sp³-hybridized carbons (Fsp3) is 0.167. The summed E-state index contributed by atoms with van der Waals surface area (Å²) < 4.78 is 0. The first-order valence-corrected chi connectivity index (χ1v) is 7.96. The molecule has 5 nitrogen and oxygen atoms in total. The molecule has 1 heterocycles. The number of aryl methyl sites for hydroxylation is 3. The number of hydrogen-bond donors (Lipinski definition) is 2. The summed E-state index contributed by atoms with van der Waals surface area (Å²) in [4.78, 5) is 4.46. The van der Waals surface area contributed by atoms with E-state index < -0.39 is 0 Å². The maximum atomic E-state index is 5.90. The second-order valence-corrected chi connectivity index (χ2v) is 6.13. The van der Waals surface area contributed by atoms with Crippen molar-refractivity contribution in [1.82, 2.24) is 15.2 Å². The van der Waals surface area contributed by atoms with Crippen molar-refractivity contribution < 1.29 is 0 Å². The van der Waals surface area contributed by atoms with Gasteiger partial charge < -0.3 is 10.6 Å². The molecule has 24 heavy (non-hydrogen) atoms. The molecule has 6 heteroatoms. The van der Waals surface area contributed by atoms with Gasteiger partial charge in [0.15, 0.2) is 5.82 Å². The van der Waals surface area contributed by atoms with Crippen molar-refractivity contribution in [3.63, 3.8) is 0 Å². The van der Waals surface area contributed by atoms with Crippen molar-refractivity contribution in [3.05, 3.63) is 64.3 Å². The van der Waals surface area contributed by atoms with Crippen LogP contribution in [0.5, 0.6) is 0 Å². The number of anilines is 4. The summed E-state index contributed by atoms with van der Waals surface area (Å²) in [6.45, 7) is 6.20. The van der Waals surface area contributed by atoms with Gasteiger partial charge in [-0.3, -0.25) is 0 Å². The Kier molecular flexibility index (Phi) is 4.62. The molecule has 0 amide bonds. The van der Waals surface area contributed by atoms with Gasteiger partial charge >= 0.3 is 0 Å². The number of nitrogens with zero attached hydrogens (tertiary/aromatic N) is 3. The molecule has 3 rings (SSSR count). The molecule has 0 atom stereocenters. The summed E-state index contributed by atoms with van der Waals surface area (Å²) in [5, 5.41) is 15.2. The zero-order valence-corrected chi connectivity index (χ0v) is 14.5. The SMILES string of the molecule is Cc1cc(C)c(Nc2nncc(Nc3ccc(Cl)cc3)n2)c(C)c1. The lowest BCUT2D eigenvalue weighted by Crippen LogP contribution is -2.04. The molecule has 0 saturated heterocycles. The van der Waals surface area contributed by atoms with Crippen molar-refractivity contribution >= 4 is 34.7 Å². The first-order valence-electron chi connectivity index (χ1n) is 7.58. The Morgan fingerprint density at radius 3 is 2.25 bits per heavy atom.